The second-order valence-electron chi connectivity index (χ2n) is 4.53. The van der Waals surface area contributed by atoms with Crippen molar-refractivity contribution in [2.45, 2.75) is 40.3 Å². The van der Waals surface area contributed by atoms with Gasteiger partial charge in [0.15, 0.2) is 0 Å². The van der Waals surface area contributed by atoms with Crippen molar-refractivity contribution in [3.8, 4) is 0 Å². The lowest BCUT2D eigenvalue weighted by Gasteiger charge is -2.28. The molecule has 3 nitrogen and oxygen atoms in total. The van der Waals surface area contributed by atoms with Crippen molar-refractivity contribution in [2.24, 2.45) is 5.92 Å². The summed E-state index contributed by atoms with van der Waals surface area (Å²) in [6.07, 6.45) is 2.68. The Bertz CT molecular complexity index is 350. The average Bonchev–Trinajstić information content (AvgIpc) is 2.27. The van der Waals surface area contributed by atoms with Crippen LogP contribution in [0.25, 0.3) is 0 Å². The Morgan fingerprint density at radius 3 is 2.62 bits per heavy atom. The lowest BCUT2D eigenvalue weighted by atomic mass is 10.0. The van der Waals surface area contributed by atoms with Gasteiger partial charge in [0.1, 0.15) is 0 Å². The van der Waals surface area contributed by atoms with Gasteiger partial charge in [0.05, 0.1) is 12.2 Å². The summed E-state index contributed by atoms with van der Waals surface area (Å²) in [5.41, 5.74) is 2.10. The Kier molecular flexibility index (Phi) is 4.47. The van der Waals surface area contributed by atoms with E-state index in [2.05, 4.69) is 25.8 Å². The van der Waals surface area contributed by atoms with Gasteiger partial charge >= 0.3 is 0 Å². The zero-order valence-corrected chi connectivity index (χ0v) is 10.5. The van der Waals surface area contributed by atoms with Crippen LogP contribution in [0.2, 0.25) is 0 Å². The number of amides is 1. The van der Waals surface area contributed by atoms with Crippen LogP contribution in [0.15, 0.2) is 18.3 Å². The molecule has 1 atom stereocenters. The lowest BCUT2D eigenvalue weighted by Crippen LogP contribution is -2.35. The van der Waals surface area contributed by atoms with Crippen LogP contribution in [0.3, 0.4) is 0 Å². The predicted molar refractivity (Wildman–Crippen MR) is 64.9 cm³/mol. The molecule has 0 spiro atoms. The maximum absolute atomic E-state index is 11.1. The molecule has 0 fully saturated rings. The summed E-state index contributed by atoms with van der Waals surface area (Å²) in [6.45, 7) is 8.91. The van der Waals surface area contributed by atoms with Gasteiger partial charge in [-0.2, -0.15) is 0 Å². The van der Waals surface area contributed by atoms with Crippen LogP contribution in [0.5, 0.6) is 0 Å². The molecule has 0 aliphatic carbocycles. The molecule has 1 amide bonds. The molecule has 0 aliphatic heterocycles. The Morgan fingerprint density at radius 2 is 2.12 bits per heavy atom. The molecule has 0 radical (unpaired) electrons. The molecular weight excluding hydrogens is 200 g/mol. The molecule has 0 saturated heterocycles. The van der Waals surface area contributed by atoms with Gasteiger partial charge in [-0.3, -0.25) is 9.78 Å². The number of hydrogen-bond donors (Lipinski definition) is 0. The summed E-state index contributed by atoms with van der Waals surface area (Å²) < 4.78 is 0. The largest absolute Gasteiger partial charge is 0.336 e. The van der Waals surface area contributed by atoms with E-state index in [-0.39, 0.29) is 6.04 Å². The molecule has 1 rings (SSSR count). The van der Waals surface area contributed by atoms with E-state index in [4.69, 9.17) is 0 Å². The first kappa shape index (κ1) is 12.7. The third-order valence-corrected chi connectivity index (χ3v) is 3.07. The Balaban J connectivity index is 2.78. The summed E-state index contributed by atoms with van der Waals surface area (Å²) in [6, 6.07) is 4.17. The molecule has 0 N–H and O–H groups in total. The van der Waals surface area contributed by atoms with E-state index in [0.717, 1.165) is 17.7 Å². The van der Waals surface area contributed by atoms with E-state index >= 15 is 0 Å². The van der Waals surface area contributed by atoms with E-state index in [0.29, 0.717) is 12.5 Å². The van der Waals surface area contributed by atoms with Crippen molar-refractivity contribution in [1.29, 1.82) is 0 Å². The van der Waals surface area contributed by atoms with Gasteiger partial charge < -0.3 is 4.90 Å². The van der Waals surface area contributed by atoms with Gasteiger partial charge in [-0.1, -0.05) is 19.9 Å². The van der Waals surface area contributed by atoms with E-state index in [1.807, 2.05) is 19.1 Å². The number of carbonyl (C=O) groups excluding carboxylic acids is 1. The maximum Gasteiger partial charge on any atom is 0.210 e. The zero-order valence-electron chi connectivity index (χ0n) is 10.5. The second-order valence-corrected chi connectivity index (χ2v) is 4.53. The van der Waals surface area contributed by atoms with Crippen molar-refractivity contribution in [3.05, 3.63) is 29.6 Å². The third-order valence-electron chi connectivity index (χ3n) is 3.07. The zero-order chi connectivity index (χ0) is 12.1. The fourth-order valence-corrected chi connectivity index (χ4v) is 1.52. The van der Waals surface area contributed by atoms with Crippen LogP contribution in [-0.4, -0.2) is 22.3 Å². The smallest absolute Gasteiger partial charge is 0.210 e. The SMILES string of the molecule is Cc1cccnc1CN(C=O)C(C)C(C)C. The predicted octanol–water partition coefficient (Wildman–Crippen LogP) is 2.39. The van der Waals surface area contributed by atoms with E-state index in [1.54, 1.807) is 11.1 Å². The molecule has 0 saturated carbocycles. The molecule has 0 bridgehead atoms. The molecule has 0 aliphatic rings. The number of nitrogens with zero attached hydrogens (tertiary/aromatic N) is 2. The summed E-state index contributed by atoms with van der Waals surface area (Å²) in [7, 11) is 0. The first-order chi connectivity index (χ1) is 7.56. The average molecular weight is 220 g/mol. The van der Waals surface area contributed by atoms with Crippen LogP contribution >= 0.6 is 0 Å². The Morgan fingerprint density at radius 1 is 1.44 bits per heavy atom. The molecule has 1 aromatic heterocycles. The molecule has 88 valence electrons. The molecule has 1 heterocycles. The highest BCUT2D eigenvalue weighted by molar-refractivity contribution is 5.48. The van der Waals surface area contributed by atoms with Crippen LogP contribution in [0.4, 0.5) is 0 Å². The standard InChI is InChI=1S/C13H20N2O/c1-10(2)12(4)15(9-16)8-13-11(3)6-5-7-14-13/h5-7,9-10,12H,8H2,1-4H3. The summed E-state index contributed by atoms with van der Waals surface area (Å²) in [5, 5.41) is 0. The van der Waals surface area contributed by atoms with Gasteiger partial charge in [0.2, 0.25) is 6.41 Å². The first-order valence-electron chi connectivity index (χ1n) is 5.67. The molecule has 16 heavy (non-hydrogen) atoms. The number of pyridine rings is 1. The highest BCUT2D eigenvalue weighted by Crippen LogP contribution is 2.13. The molecule has 1 unspecified atom stereocenters. The minimum absolute atomic E-state index is 0.235. The topological polar surface area (TPSA) is 33.2 Å². The first-order valence-corrected chi connectivity index (χ1v) is 5.67. The monoisotopic (exact) mass is 220 g/mol. The van der Waals surface area contributed by atoms with Crippen molar-refractivity contribution < 1.29 is 4.79 Å². The minimum atomic E-state index is 0.235. The van der Waals surface area contributed by atoms with E-state index < -0.39 is 0 Å². The Labute approximate surface area is 97.5 Å². The van der Waals surface area contributed by atoms with Gasteiger partial charge in [-0.25, -0.2) is 0 Å². The van der Waals surface area contributed by atoms with Crippen LogP contribution in [-0.2, 0) is 11.3 Å². The van der Waals surface area contributed by atoms with Crippen molar-refractivity contribution in [1.82, 2.24) is 9.88 Å². The highest BCUT2D eigenvalue weighted by Gasteiger charge is 2.16. The van der Waals surface area contributed by atoms with E-state index in [9.17, 15) is 4.79 Å². The molecular formula is C13H20N2O. The van der Waals surface area contributed by atoms with Crippen molar-refractivity contribution >= 4 is 6.41 Å². The summed E-state index contributed by atoms with van der Waals surface area (Å²) in [5.74, 6) is 0.453. The van der Waals surface area contributed by atoms with Gasteiger partial charge in [-0.15, -0.1) is 0 Å². The number of aryl methyl sites for hydroxylation is 1. The quantitative estimate of drug-likeness (QED) is 0.714. The van der Waals surface area contributed by atoms with Crippen LogP contribution in [0, 0.1) is 12.8 Å². The lowest BCUT2D eigenvalue weighted by molar-refractivity contribution is -0.121. The van der Waals surface area contributed by atoms with Crippen molar-refractivity contribution in [2.75, 3.05) is 0 Å². The number of hydrogen-bond acceptors (Lipinski definition) is 2. The van der Waals surface area contributed by atoms with E-state index in [1.165, 1.54) is 0 Å². The van der Waals surface area contributed by atoms with Crippen LogP contribution < -0.4 is 0 Å². The van der Waals surface area contributed by atoms with Crippen LogP contribution in [0.1, 0.15) is 32.0 Å². The molecule has 1 aromatic rings. The second kappa shape index (κ2) is 5.64. The minimum Gasteiger partial charge on any atom is -0.336 e. The third kappa shape index (κ3) is 3.05. The van der Waals surface area contributed by atoms with Crippen molar-refractivity contribution in [3.63, 3.8) is 0 Å². The fraction of sp³-hybridized carbons (Fsp3) is 0.538. The normalized spacial score (nSPS) is 12.6. The van der Waals surface area contributed by atoms with Gasteiger partial charge in [0.25, 0.3) is 0 Å². The maximum atomic E-state index is 11.1. The molecule has 3 heteroatoms. The van der Waals surface area contributed by atoms with Gasteiger partial charge in [0, 0.05) is 12.2 Å². The summed E-state index contributed by atoms with van der Waals surface area (Å²) >= 11 is 0. The number of aromatic nitrogens is 1. The highest BCUT2D eigenvalue weighted by atomic mass is 16.1. The Hall–Kier alpha value is -1.38. The fourth-order valence-electron chi connectivity index (χ4n) is 1.52. The number of rotatable bonds is 5. The number of carbonyl (C=O) groups is 1. The summed E-state index contributed by atoms with van der Waals surface area (Å²) in [4.78, 5) is 17.2. The molecule has 0 aromatic carbocycles. The van der Waals surface area contributed by atoms with Gasteiger partial charge in [-0.05, 0) is 31.4 Å².